The Morgan fingerprint density at radius 3 is 2.52 bits per heavy atom. The Labute approximate surface area is 129 Å². The van der Waals surface area contributed by atoms with Crippen LogP contribution in [0.5, 0.6) is 0 Å². The Morgan fingerprint density at radius 1 is 1.24 bits per heavy atom. The number of rotatable bonds is 4. The van der Waals surface area contributed by atoms with Crippen molar-refractivity contribution in [2.24, 2.45) is 0 Å². The summed E-state index contributed by atoms with van der Waals surface area (Å²) in [7, 11) is 3.55. The van der Waals surface area contributed by atoms with Gasteiger partial charge in [-0.1, -0.05) is 29.8 Å². The van der Waals surface area contributed by atoms with Crippen LogP contribution in [0.2, 0.25) is 5.02 Å². The van der Waals surface area contributed by atoms with E-state index in [9.17, 15) is 4.79 Å². The zero-order valence-electron chi connectivity index (χ0n) is 12.3. The van der Waals surface area contributed by atoms with Crippen LogP contribution in [0.25, 0.3) is 0 Å². The molecule has 5 heteroatoms. The lowest BCUT2D eigenvalue weighted by Gasteiger charge is -2.25. The molecule has 1 aromatic carbocycles. The first-order chi connectivity index (χ1) is 10.0. The fourth-order valence-corrected chi connectivity index (χ4v) is 2.14. The molecule has 0 fully saturated rings. The van der Waals surface area contributed by atoms with Crippen LogP contribution >= 0.6 is 11.6 Å². The zero-order valence-corrected chi connectivity index (χ0v) is 13.1. The molecule has 1 N–H and O–H groups in total. The first-order valence-corrected chi connectivity index (χ1v) is 7.08. The number of halogens is 1. The number of pyridine rings is 1. The molecule has 0 saturated carbocycles. The Balaban J connectivity index is 2.19. The molecule has 1 unspecified atom stereocenters. The number of anilines is 1. The summed E-state index contributed by atoms with van der Waals surface area (Å²) in [6.45, 7) is 1.98. The van der Waals surface area contributed by atoms with Gasteiger partial charge in [-0.25, -0.2) is 4.98 Å². The zero-order chi connectivity index (χ0) is 15.4. The lowest BCUT2D eigenvalue weighted by molar-refractivity contribution is 0.0737. The molecule has 0 aliphatic rings. The molecule has 4 nitrogen and oxygen atoms in total. The van der Waals surface area contributed by atoms with Crippen LogP contribution in [0, 0.1) is 0 Å². The number of nitrogens with one attached hydrogen (secondary N) is 1. The van der Waals surface area contributed by atoms with Gasteiger partial charge in [-0.3, -0.25) is 4.79 Å². The number of aromatic nitrogens is 1. The maximum atomic E-state index is 12.5. The third kappa shape index (κ3) is 3.52. The summed E-state index contributed by atoms with van der Waals surface area (Å²) >= 11 is 5.89. The Kier molecular flexibility index (Phi) is 4.81. The van der Waals surface area contributed by atoms with Gasteiger partial charge in [0.15, 0.2) is 0 Å². The third-order valence-corrected chi connectivity index (χ3v) is 3.73. The van der Waals surface area contributed by atoms with E-state index in [-0.39, 0.29) is 11.9 Å². The molecule has 21 heavy (non-hydrogen) atoms. The minimum absolute atomic E-state index is 0.0604. The van der Waals surface area contributed by atoms with Crippen molar-refractivity contribution in [2.75, 3.05) is 19.4 Å². The molecule has 1 atom stereocenters. The molecule has 0 aliphatic carbocycles. The first-order valence-electron chi connectivity index (χ1n) is 6.70. The van der Waals surface area contributed by atoms with Gasteiger partial charge in [-0.15, -0.1) is 0 Å². The highest BCUT2D eigenvalue weighted by atomic mass is 35.5. The summed E-state index contributed by atoms with van der Waals surface area (Å²) < 4.78 is 0. The highest BCUT2D eigenvalue weighted by Gasteiger charge is 2.20. The van der Waals surface area contributed by atoms with Gasteiger partial charge in [-0.2, -0.15) is 0 Å². The number of amides is 1. The summed E-state index contributed by atoms with van der Waals surface area (Å²) in [5.41, 5.74) is 1.45. The van der Waals surface area contributed by atoms with Crippen LogP contribution in [0.15, 0.2) is 42.5 Å². The molecule has 0 bridgehead atoms. The van der Waals surface area contributed by atoms with Gasteiger partial charge in [0.1, 0.15) is 11.5 Å². The first kappa shape index (κ1) is 15.3. The van der Waals surface area contributed by atoms with Crippen LogP contribution in [-0.2, 0) is 0 Å². The highest BCUT2D eigenvalue weighted by molar-refractivity contribution is 6.30. The lowest BCUT2D eigenvalue weighted by atomic mass is 10.1. The van der Waals surface area contributed by atoms with Crippen molar-refractivity contribution in [1.82, 2.24) is 9.88 Å². The third-order valence-electron chi connectivity index (χ3n) is 3.48. The summed E-state index contributed by atoms with van der Waals surface area (Å²) in [5.74, 6) is 0.558. The van der Waals surface area contributed by atoms with Crippen molar-refractivity contribution >= 4 is 23.3 Å². The van der Waals surface area contributed by atoms with Crippen molar-refractivity contribution in [2.45, 2.75) is 13.0 Å². The van der Waals surface area contributed by atoms with E-state index in [0.29, 0.717) is 16.5 Å². The summed E-state index contributed by atoms with van der Waals surface area (Å²) in [5, 5.41) is 3.62. The summed E-state index contributed by atoms with van der Waals surface area (Å²) in [6, 6.07) is 12.8. The van der Waals surface area contributed by atoms with Gasteiger partial charge in [-0.05, 0) is 36.8 Å². The topological polar surface area (TPSA) is 45.2 Å². The number of carbonyl (C=O) groups excluding carboxylic acids is 1. The number of benzene rings is 1. The molecular formula is C16H18ClN3O. The SMILES string of the molecule is CNc1cccc(C(=O)N(C)C(C)c2ccc(Cl)cc2)n1. The largest absolute Gasteiger partial charge is 0.373 e. The van der Waals surface area contributed by atoms with E-state index in [1.807, 2.05) is 43.3 Å². The molecule has 0 saturated heterocycles. The maximum Gasteiger partial charge on any atom is 0.272 e. The molecular weight excluding hydrogens is 286 g/mol. The average molecular weight is 304 g/mol. The van der Waals surface area contributed by atoms with Crippen molar-refractivity contribution in [3.05, 3.63) is 58.7 Å². The van der Waals surface area contributed by atoms with E-state index < -0.39 is 0 Å². The van der Waals surface area contributed by atoms with Crippen LogP contribution in [0.3, 0.4) is 0 Å². The van der Waals surface area contributed by atoms with E-state index >= 15 is 0 Å². The van der Waals surface area contributed by atoms with Crippen molar-refractivity contribution in [3.8, 4) is 0 Å². The van der Waals surface area contributed by atoms with Crippen molar-refractivity contribution in [3.63, 3.8) is 0 Å². The predicted molar refractivity (Wildman–Crippen MR) is 85.7 cm³/mol. The van der Waals surface area contributed by atoms with Gasteiger partial charge < -0.3 is 10.2 Å². The Bertz CT molecular complexity index is 628. The molecule has 1 aromatic heterocycles. The van der Waals surface area contributed by atoms with Crippen LogP contribution in [0.4, 0.5) is 5.82 Å². The second kappa shape index (κ2) is 6.59. The molecule has 0 spiro atoms. The lowest BCUT2D eigenvalue weighted by Crippen LogP contribution is -2.30. The Hall–Kier alpha value is -2.07. The smallest absolute Gasteiger partial charge is 0.272 e. The van der Waals surface area contributed by atoms with Gasteiger partial charge in [0.05, 0.1) is 6.04 Å². The molecule has 0 aliphatic heterocycles. The van der Waals surface area contributed by atoms with Crippen LogP contribution in [0.1, 0.15) is 29.0 Å². The fourth-order valence-electron chi connectivity index (χ4n) is 2.01. The molecule has 2 rings (SSSR count). The van der Waals surface area contributed by atoms with E-state index in [1.54, 1.807) is 25.1 Å². The van der Waals surface area contributed by atoms with E-state index in [0.717, 1.165) is 5.56 Å². The van der Waals surface area contributed by atoms with Crippen molar-refractivity contribution in [1.29, 1.82) is 0 Å². The van der Waals surface area contributed by atoms with Gasteiger partial charge in [0, 0.05) is 19.1 Å². The molecule has 1 heterocycles. The quantitative estimate of drug-likeness (QED) is 0.938. The molecule has 1 amide bonds. The fraction of sp³-hybridized carbons (Fsp3) is 0.250. The van der Waals surface area contributed by atoms with Gasteiger partial charge in [0.2, 0.25) is 0 Å². The van der Waals surface area contributed by atoms with E-state index in [4.69, 9.17) is 11.6 Å². The highest BCUT2D eigenvalue weighted by Crippen LogP contribution is 2.22. The number of nitrogens with zero attached hydrogens (tertiary/aromatic N) is 2. The second-order valence-corrected chi connectivity index (χ2v) is 5.24. The standard InChI is InChI=1S/C16H18ClN3O/c1-11(12-7-9-13(17)10-8-12)20(3)16(21)14-5-4-6-15(18-2)19-14/h4-11H,1-3H3,(H,18,19). The maximum absolute atomic E-state index is 12.5. The molecule has 0 radical (unpaired) electrons. The Morgan fingerprint density at radius 2 is 1.90 bits per heavy atom. The monoisotopic (exact) mass is 303 g/mol. The molecule has 110 valence electrons. The van der Waals surface area contributed by atoms with Gasteiger partial charge in [0.25, 0.3) is 5.91 Å². The van der Waals surface area contributed by atoms with Crippen LogP contribution in [-0.4, -0.2) is 29.9 Å². The van der Waals surface area contributed by atoms with Crippen LogP contribution < -0.4 is 5.32 Å². The number of carbonyl (C=O) groups is 1. The van der Waals surface area contributed by atoms with Crippen molar-refractivity contribution < 1.29 is 4.79 Å². The minimum atomic E-state index is -0.116. The minimum Gasteiger partial charge on any atom is -0.373 e. The predicted octanol–water partition coefficient (Wildman–Crippen LogP) is 3.61. The second-order valence-electron chi connectivity index (χ2n) is 4.80. The van der Waals surface area contributed by atoms with E-state index in [2.05, 4.69) is 10.3 Å². The number of hydrogen-bond donors (Lipinski definition) is 1. The average Bonchev–Trinajstić information content (AvgIpc) is 2.53. The van der Waals surface area contributed by atoms with Gasteiger partial charge >= 0.3 is 0 Å². The normalized spacial score (nSPS) is 11.8. The molecule has 2 aromatic rings. The summed E-state index contributed by atoms with van der Waals surface area (Å²) in [6.07, 6.45) is 0. The number of hydrogen-bond acceptors (Lipinski definition) is 3. The van der Waals surface area contributed by atoms with E-state index in [1.165, 1.54) is 0 Å². The summed E-state index contributed by atoms with van der Waals surface area (Å²) in [4.78, 5) is 18.5.